The van der Waals surface area contributed by atoms with Crippen molar-refractivity contribution in [3.8, 4) is 0 Å². The van der Waals surface area contributed by atoms with Gasteiger partial charge in [0.2, 0.25) is 0 Å². The molecule has 0 unspecified atom stereocenters. The summed E-state index contributed by atoms with van der Waals surface area (Å²) < 4.78 is 0. The van der Waals surface area contributed by atoms with E-state index in [-0.39, 0.29) is 12.5 Å². The summed E-state index contributed by atoms with van der Waals surface area (Å²) in [6.07, 6.45) is 0. The summed E-state index contributed by atoms with van der Waals surface area (Å²) in [7, 11) is 0. The van der Waals surface area contributed by atoms with Crippen LogP contribution in [0.5, 0.6) is 0 Å². The van der Waals surface area contributed by atoms with E-state index in [0.717, 1.165) is 10.9 Å². The summed E-state index contributed by atoms with van der Waals surface area (Å²) in [5.74, 6) is -1.80. The van der Waals surface area contributed by atoms with Crippen LogP contribution in [-0.2, 0) is 4.79 Å². The zero-order chi connectivity index (χ0) is 16.0. The van der Waals surface area contributed by atoms with E-state index in [1.54, 1.807) is 29.2 Å². The number of carbonyl (C=O) groups excluding carboxylic acids is 1. The molecule has 1 atom stereocenters. The van der Waals surface area contributed by atoms with Crippen LogP contribution in [0.4, 0.5) is 5.69 Å². The van der Waals surface area contributed by atoms with E-state index >= 15 is 0 Å². The molecule has 2 N–H and O–H groups in total. The highest BCUT2D eigenvalue weighted by Crippen LogP contribution is 2.37. The predicted molar refractivity (Wildman–Crippen MR) is 86.8 cm³/mol. The van der Waals surface area contributed by atoms with Gasteiger partial charge < -0.3 is 15.0 Å². The lowest BCUT2D eigenvalue weighted by Gasteiger charge is -2.16. The minimum absolute atomic E-state index is 0.156. The third kappa shape index (κ3) is 2.09. The van der Waals surface area contributed by atoms with Crippen molar-refractivity contribution in [2.24, 2.45) is 0 Å². The lowest BCUT2D eigenvalue weighted by atomic mass is 10.0. The molecule has 0 spiro atoms. The molecule has 114 valence electrons. The number of anilines is 1. The number of carbonyl (C=O) groups is 2. The minimum Gasteiger partial charge on any atom is -0.481 e. The van der Waals surface area contributed by atoms with Crippen molar-refractivity contribution < 1.29 is 14.7 Å². The third-order valence-corrected chi connectivity index (χ3v) is 4.27. The van der Waals surface area contributed by atoms with Crippen LogP contribution in [0.1, 0.15) is 22.0 Å². The summed E-state index contributed by atoms with van der Waals surface area (Å²) in [6.45, 7) is 0.156. The largest absolute Gasteiger partial charge is 0.481 e. The van der Waals surface area contributed by atoms with Crippen molar-refractivity contribution in [3.05, 3.63) is 65.9 Å². The predicted octanol–water partition coefficient (Wildman–Crippen LogP) is 3.00. The highest BCUT2D eigenvalue weighted by molar-refractivity contribution is 6.09. The minimum atomic E-state index is -0.913. The fourth-order valence-electron chi connectivity index (χ4n) is 3.14. The molecule has 23 heavy (non-hydrogen) atoms. The first-order chi connectivity index (χ1) is 11.1. The molecule has 2 aromatic carbocycles. The Balaban J connectivity index is 1.75. The summed E-state index contributed by atoms with van der Waals surface area (Å²) >= 11 is 0. The number of carboxylic acids is 1. The molecular formula is C18H14N2O3. The number of aromatic amines is 1. The summed E-state index contributed by atoms with van der Waals surface area (Å²) in [6, 6.07) is 16.6. The van der Waals surface area contributed by atoms with Gasteiger partial charge >= 0.3 is 5.97 Å². The molecule has 1 amide bonds. The number of hydrogen-bond acceptors (Lipinski definition) is 2. The van der Waals surface area contributed by atoms with Gasteiger partial charge in [0.15, 0.2) is 0 Å². The van der Waals surface area contributed by atoms with E-state index < -0.39 is 11.9 Å². The van der Waals surface area contributed by atoms with Crippen molar-refractivity contribution in [1.29, 1.82) is 0 Å². The van der Waals surface area contributed by atoms with Gasteiger partial charge in [-0.15, -0.1) is 0 Å². The van der Waals surface area contributed by atoms with Gasteiger partial charge in [-0.25, -0.2) is 0 Å². The molecule has 0 fully saturated rings. The summed E-state index contributed by atoms with van der Waals surface area (Å²) in [5.41, 5.74) is 2.71. The number of nitrogens with zero attached hydrogens (tertiary/aromatic N) is 1. The van der Waals surface area contributed by atoms with E-state index in [4.69, 9.17) is 0 Å². The van der Waals surface area contributed by atoms with Crippen molar-refractivity contribution in [1.82, 2.24) is 4.98 Å². The number of rotatable bonds is 2. The van der Waals surface area contributed by atoms with Gasteiger partial charge in [0.25, 0.3) is 5.91 Å². The molecule has 5 heteroatoms. The maximum Gasteiger partial charge on any atom is 0.312 e. The number of hydrogen-bond donors (Lipinski definition) is 2. The normalized spacial score (nSPS) is 16.5. The SMILES string of the molecule is O=C(O)[C@@H]1CN(C(=O)c2cc3ccccc3[nH]2)c2ccccc21. The fourth-order valence-corrected chi connectivity index (χ4v) is 3.14. The Morgan fingerprint density at radius 3 is 2.61 bits per heavy atom. The van der Waals surface area contributed by atoms with Crippen LogP contribution in [0.25, 0.3) is 10.9 Å². The van der Waals surface area contributed by atoms with Crippen molar-refractivity contribution in [2.75, 3.05) is 11.4 Å². The average molecular weight is 306 g/mol. The van der Waals surface area contributed by atoms with E-state index in [9.17, 15) is 14.7 Å². The highest BCUT2D eigenvalue weighted by atomic mass is 16.4. The molecule has 0 aliphatic carbocycles. The first-order valence-electron chi connectivity index (χ1n) is 7.36. The van der Waals surface area contributed by atoms with Crippen LogP contribution in [-0.4, -0.2) is 28.5 Å². The molecule has 4 rings (SSSR count). The van der Waals surface area contributed by atoms with E-state index in [0.29, 0.717) is 16.9 Å². The number of amides is 1. The number of aromatic nitrogens is 1. The lowest BCUT2D eigenvalue weighted by Crippen LogP contribution is -2.31. The van der Waals surface area contributed by atoms with Gasteiger partial charge in [0.05, 0.1) is 0 Å². The van der Waals surface area contributed by atoms with Crippen LogP contribution >= 0.6 is 0 Å². The molecule has 0 saturated heterocycles. The molecule has 0 radical (unpaired) electrons. The van der Waals surface area contributed by atoms with Crippen molar-refractivity contribution in [2.45, 2.75) is 5.92 Å². The monoisotopic (exact) mass is 306 g/mol. The highest BCUT2D eigenvalue weighted by Gasteiger charge is 2.36. The van der Waals surface area contributed by atoms with Gasteiger partial charge in [-0.05, 0) is 23.8 Å². The van der Waals surface area contributed by atoms with Crippen LogP contribution in [0.2, 0.25) is 0 Å². The van der Waals surface area contributed by atoms with Crippen LogP contribution < -0.4 is 4.90 Å². The maximum absolute atomic E-state index is 12.8. The van der Waals surface area contributed by atoms with Gasteiger partial charge in [-0.1, -0.05) is 36.4 Å². The standard InChI is InChI=1S/C18H14N2O3/c21-17(15-9-11-5-1-3-7-14(11)19-15)20-10-13(18(22)23)12-6-2-4-8-16(12)20/h1-9,13,19H,10H2,(H,22,23)/t13-/m1/s1. The molecule has 1 aliphatic heterocycles. The Hall–Kier alpha value is -3.08. The summed E-state index contributed by atoms with van der Waals surface area (Å²) in [5, 5.41) is 10.4. The van der Waals surface area contributed by atoms with Gasteiger partial charge in [-0.2, -0.15) is 0 Å². The molecule has 1 aliphatic rings. The maximum atomic E-state index is 12.8. The fraction of sp³-hybridized carbons (Fsp3) is 0.111. The zero-order valence-electron chi connectivity index (χ0n) is 12.2. The Labute approximate surface area is 132 Å². The lowest BCUT2D eigenvalue weighted by molar-refractivity contribution is -0.138. The second-order valence-electron chi connectivity index (χ2n) is 5.64. The molecule has 1 aromatic heterocycles. The van der Waals surface area contributed by atoms with Gasteiger partial charge in [0, 0.05) is 23.1 Å². The molecule has 0 saturated carbocycles. The molecule has 2 heterocycles. The smallest absolute Gasteiger partial charge is 0.312 e. The van der Waals surface area contributed by atoms with Crippen molar-refractivity contribution in [3.63, 3.8) is 0 Å². The van der Waals surface area contributed by atoms with Gasteiger partial charge in [0.1, 0.15) is 11.6 Å². The van der Waals surface area contributed by atoms with E-state index in [2.05, 4.69) is 4.98 Å². The average Bonchev–Trinajstić information content (AvgIpc) is 3.16. The third-order valence-electron chi connectivity index (χ3n) is 4.27. The number of aliphatic carboxylic acids is 1. The summed E-state index contributed by atoms with van der Waals surface area (Å²) in [4.78, 5) is 29.0. The Bertz CT molecular complexity index is 896. The Kier molecular flexibility index (Phi) is 2.94. The van der Waals surface area contributed by atoms with Crippen LogP contribution in [0, 0.1) is 0 Å². The Morgan fingerprint density at radius 2 is 1.83 bits per heavy atom. The van der Waals surface area contributed by atoms with E-state index in [1.165, 1.54) is 0 Å². The quantitative estimate of drug-likeness (QED) is 0.764. The zero-order valence-corrected chi connectivity index (χ0v) is 12.2. The topological polar surface area (TPSA) is 73.4 Å². The first kappa shape index (κ1) is 13.6. The van der Waals surface area contributed by atoms with Crippen molar-refractivity contribution >= 4 is 28.5 Å². The van der Waals surface area contributed by atoms with Gasteiger partial charge in [-0.3, -0.25) is 9.59 Å². The van der Waals surface area contributed by atoms with E-state index in [1.807, 2.05) is 30.3 Å². The molecular weight excluding hydrogens is 292 g/mol. The van der Waals surface area contributed by atoms with Crippen LogP contribution in [0.15, 0.2) is 54.6 Å². The number of carboxylic acid groups (broad SMARTS) is 1. The first-order valence-corrected chi connectivity index (χ1v) is 7.36. The Morgan fingerprint density at radius 1 is 1.09 bits per heavy atom. The second kappa shape index (κ2) is 4.98. The molecule has 5 nitrogen and oxygen atoms in total. The number of benzene rings is 2. The number of nitrogens with one attached hydrogen (secondary N) is 1. The number of H-pyrrole nitrogens is 1. The van der Waals surface area contributed by atoms with Crippen LogP contribution in [0.3, 0.4) is 0 Å². The number of para-hydroxylation sites is 2. The number of fused-ring (bicyclic) bond motifs is 2. The molecule has 3 aromatic rings. The second-order valence-corrected chi connectivity index (χ2v) is 5.64. The molecule has 0 bridgehead atoms.